The molecule has 1 N–H and O–H groups in total. The lowest BCUT2D eigenvalue weighted by molar-refractivity contribution is -0.149. The molecule has 1 atom stereocenters. The van der Waals surface area contributed by atoms with Crippen molar-refractivity contribution in [2.75, 3.05) is 52.4 Å². The van der Waals surface area contributed by atoms with E-state index in [-0.39, 0.29) is 35.9 Å². The van der Waals surface area contributed by atoms with Crippen molar-refractivity contribution in [1.82, 2.24) is 15.1 Å². The average molecular weight is 508 g/mol. The van der Waals surface area contributed by atoms with Crippen LogP contribution in [-0.2, 0) is 9.53 Å². The first kappa shape index (κ1) is 25.5. The summed E-state index contributed by atoms with van der Waals surface area (Å²) in [5, 5.41) is 3.42. The highest BCUT2D eigenvalue weighted by molar-refractivity contribution is 14.0. The molecule has 0 aromatic rings. The van der Waals surface area contributed by atoms with Gasteiger partial charge in [-0.15, -0.1) is 24.0 Å². The first-order valence-corrected chi connectivity index (χ1v) is 11.1. The van der Waals surface area contributed by atoms with E-state index in [2.05, 4.69) is 29.0 Å². The first-order valence-electron chi connectivity index (χ1n) is 11.1. The third kappa shape index (κ3) is 8.84. The van der Waals surface area contributed by atoms with Crippen molar-refractivity contribution in [1.29, 1.82) is 0 Å². The smallest absolute Gasteiger partial charge is 0.309 e. The van der Waals surface area contributed by atoms with Crippen molar-refractivity contribution in [3.63, 3.8) is 0 Å². The summed E-state index contributed by atoms with van der Waals surface area (Å²) >= 11 is 0. The SMILES string of the molecule is CCNC(=NCCCCN1CCCC(C)C1)N1CCC(C(=O)OCC)CC1.I. The summed E-state index contributed by atoms with van der Waals surface area (Å²) in [4.78, 5) is 21.7. The Labute approximate surface area is 188 Å². The van der Waals surface area contributed by atoms with E-state index < -0.39 is 0 Å². The summed E-state index contributed by atoms with van der Waals surface area (Å²) in [6.45, 7) is 14.1. The Morgan fingerprint density at radius 2 is 1.89 bits per heavy atom. The van der Waals surface area contributed by atoms with Crippen LogP contribution in [0.4, 0.5) is 0 Å². The number of hydrogen-bond donors (Lipinski definition) is 1. The van der Waals surface area contributed by atoms with Crippen LogP contribution in [0, 0.1) is 11.8 Å². The molecule has 0 amide bonds. The predicted molar refractivity (Wildman–Crippen MR) is 126 cm³/mol. The number of unbranched alkanes of at least 4 members (excludes halogenated alkanes) is 1. The van der Waals surface area contributed by atoms with Gasteiger partial charge in [0.1, 0.15) is 0 Å². The molecule has 0 spiro atoms. The van der Waals surface area contributed by atoms with Crippen molar-refractivity contribution in [2.45, 2.75) is 59.3 Å². The van der Waals surface area contributed by atoms with Crippen LogP contribution in [0.2, 0.25) is 0 Å². The monoisotopic (exact) mass is 508 g/mol. The van der Waals surface area contributed by atoms with Gasteiger partial charge < -0.3 is 19.9 Å². The largest absolute Gasteiger partial charge is 0.466 e. The highest BCUT2D eigenvalue weighted by Gasteiger charge is 2.27. The molecule has 1 unspecified atom stereocenters. The van der Waals surface area contributed by atoms with Crippen molar-refractivity contribution >= 4 is 35.9 Å². The van der Waals surface area contributed by atoms with E-state index in [0.717, 1.165) is 57.3 Å². The quantitative estimate of drug-likeness (QED) is 0.179. The molecule has 7 heteroatoms. The molecule has 2 saturated heterocycles. The van der Waals surface area contributed by atoms with Crippen molar-refractivity contribution in [3.8, 4) is 0 Å². The van der Waals surface area contributed by atoms with E-state index in [9.17, 15) is 4.79 Å². The third-order valence-electron chi connectivity index (χ3n) is 5.63. The summed E-state index contributed by atoms with van der Waals surface area (Å²) in [7, 11) is 0. The lowest BCUT2D eigenvalue weighted by Crippen LogP contribution is -2.46. The number of guanidine groups is 1. The predicted octanol–water partition coefficient (Wildman–Crippen LogP) is 3.36. The average Bonchev–Trinajstić information content (AvgIpc) is 2.67. The fourth-order valence-corrected chi connectivity index (χ4v) is 4.13. The lowest BCUT2D eigenvalue weighted by atomic mass is 9.97. The van der Waals surface area contributed by atoms with Crippen molar-refractivity contribution < 1.29 is 9.53 Å². The van der Waals surface area contributed by atoms with Gasteiger partial charge in [0, 0.05) is 32.7 Å². The number of esters is 1. The molecule has 0 aromatic carbocycles. The van der Waals surface area contributed by atoms with E-state index in [1.807, 2.05) is 6.92 Å². The fourth-order valence-electron chi connectivity index (χ4n) is 4.13. The van der Waals surface area contributed by atoms with Crippen LogP contribution >= 0.6 is 24.0 Å². The second kappa shape index (κ2) is 14.4. The van der Waals surface area contributed by atoms with Gasteiger partial charge in [0.25, 0.3) is 0 Å². The number of nitrogens with zero attached hydrogens (tertiary/aromatic N) is 3. The second-order valence-corrected chi connectivity index (χ2v) is 8.00. The molecule has 0 bridgehead atoms. The van der Waals surface area contributed by atoms with Crippen LogP contribution in [0.3, 0.4) is 0 Å². The number of halogens is 1. The zero-order chi connectivity index (χ0) is 19.5. The summed E-state index contributed by atoms with van der Waals surface area (Å²) < 4.78 is 5.17. The normalized spacial score (nSPS) is 21.9. The molecule has 0 radical (unpaired) electrons. The molecule has 0 aliphatic carbocycles. The molecule has 2 aliphatic rings. The Kier molecular flexibility index (Phi) is 13.1. The Hall–Kier alpha value is -0.570. The minimum Gasteiger partial charge on any atom is -0.466 e. The maximum Gasteiger partial charge on any atom is 0.309 e. The number of carbonyl (C=O) groups excluding carboxylic acids is 1. The van der Waals surface area contributed by atoms with Crippen LogP contribution in [0.25, 0.3) is 0 Å². The van der Waals surface area contributed by atoms with Crippen LogP contribution in [-0.4, -0.2) is 74.1 Å². The van der Waals surface area contributed by atoms with Crippen molar-refractivity contribution in [3.05, 3.63) is 0 Å². The maximum absolute atomic E-state index is 11.9. The zero-order valence-corrected chi connectivity index (χ0v) is 20.5. The molecule has 2 heterocycles. The van der Waals surface area contributed by atoms with E-state index in [1.54, 1.807) is 0 Å². The van der Waals surface area contributed by atoms with E-state index in [0.29, 0.717) is 6.61 Å². The number of likely N-dealkylation sites (tertiary alicyclic amines) is 2. The number of ether oxygens (including phenoxy) is 1. The minimum absolute atomic E-state index is 0. The van der Waals surface area contributed by atoms with Gasteiger partial charge in [-0.05, 0) is 71.4 Å². The first-order chi connectivity index (χ1) is 13.1. The van der Waals surface area contributed by atoms with Gasteiger partial charge >= 0.3 is 5.97 Å². The Balaban J connectivity index is 0.00000392. The maximum atomic E-state index is 11.9. The summed E-state index contributed by atoms with van der Waals surface area (Å²) in [6, 6.07) is 0. The summed E-state index contributed by atoms with van der Waals surface area (Å²) in [5.74, 6) is 1.88. The molecule has 28 heavy (non-hydrogen) atoms. The van der Waals surface area contributed by atoms with Gasteiger partial charge in [-0.2, -0.15) is 0 Å². The molecule has 2 fully saturated rings. The zero-order valence-electron chi connectivity index (χ0n) is 18.1. The fraction of sp³-hybridized carbons (Fsp3) is 0.905. The van der Waals surface area contributed by atoms with Crippen molar-refractivity contribution in [2.24, 2.45) is 16.8 Å². The molecule has 2 rings (SSSR count). The number of piperidine rings is 2. The number of nitrogens with one attached hydrogen (secondary N) is 1. The molecule has 2 aliphatic heterocycles. The topological polar surface area (TPSA) is 57.2 Å². The van der Waals surface area contributed by atoms with Crippen LogP contribution < -0.4 is 5.32 Å². The molecule has 6 nitrogen and oxygen atoms in total. The van der Waals surface area contributed by atoms with Gasteiger partial charge in [0.05, 0.1) is 12.5 Å². The third-order valence-corrected chi connectivity index (χ3v) is 5.63. The molecule has 0 aromatic heterocycles. The van der Waals surface area contributed by atoms with E-state index in [1.165, 1.54) is 38.9 Å². The number of carbonyl (C=O) groups is 1. The molecule has 164 valence electrons. The van der Waals surface area contributed by atoms with Gasteiger partial charge in [0.15, 0.2) is 5.96 Å². The number of rotatable bonds is 8. The van der Waals surface area contributed by atoms with Crippen LogP contribution in [0.15, 0.2) is 4.99 Å². The Morgan fingerprint density at radius 3 is 2.54 bits per heavy atom. The Bertz CT molecular complexity index is 467. The highest BCUT2D eigenvalue weighted by atomic mass is 127. The lowest BCUT2D eigenvalue weighted by Gasteiger charge is -2.33. The molecular formula is C21H41IN4O2. The van der Waals surface area contributed by atoms with Gasteiger partial charge in [-0.25, -0.2) is 0 Å². The van der Waals surface area contributed by atoms with Gasteiger partial charge in [-0.3, -0.25) is 9.79 Å². The summed E-state index contributed by atoms with van der Waals surface area (Å²) in [6.07, 6.45) is 6.82. The summed E-state index contributed by atoms with van der Waals surface area (Å²) in [5.41, 5.74) is 0. The van der Waals surface area contributed by atoms with Crippen LogP contribution in [0.1, 0.15) is 59.3 Å². The highest BCUT2D eigenvalue weighted by Crippen LogP contribution is 2.19. The molecular weight excluding hydrogens is 467 g/mol. The van der Waals surface area contributed by atoms with Gasteiger partial charge in [-0.1, -0.05) is 6.92 Å². The minimum atomic E-state index is -0.0360. The van der Waals surface area contributed by atoms with E-state index in [4.69, 9.17) is 9.73 Å². The molecule has 0 saturated carbocycles. The number of hydrogen-bond acceptors (Lipinski definition) is 4. The Morgan fingerprint density at radius 1 is 1.14 bits per heavy atom. The van der Waals surface area contributed by atoms with Gasteiger partial charge in [0.2, 0.25) is 0 Å². The standard InChI is InChI=1S/C21H40N4O2.HI/c1-4-22-21(25-15-10-19(11-16-25)20(26)27-5-2)23-12-6-7-13-24-14-8-9-18(3)17-24;/h18-19H,4-17H2,1-3H3,(H,22,23);1H. The van der Waals surface area contributed by atoms with E-state index >= 15 is 0 Å². The van der Waals surface area contributed by atoms with Crippen LogP contribution in [0.5, 0.6) is 0 Å². The second-order valence-electron chi connectivity index (χ2n) is 8.00. The number of aliphatic imine (C=N–C) groups is 1.